The Morgan fingerprint density at radius 1 is 1.69 bits per heavy atom. The molecule has 0 fully saturated rings. The summed E-state index contributed by atoms with van der Waals surface area (Å²) in [5.41, 5.74) is 0.828. The molecule has 6 heteroatoms. The number of ether oxygens (including phenoxy) is 1. The number of nitrogens with zero attached hydrogens (tertiary/aromatic N) is 1. The Labute approximate surface area is 97.2 Å². The molecule has 0 saturated carbocycles. The predicted molar refractivity (Wildman–Crippen MR) is 60.2 cm³/mol. The number of carbonyl (C=O) groups excluding carboxylic acids is 1. The minimum absolute atomic E-state index is 0.0611. The highest BCUT2D eigenvalue weighted by Gasteiger charge is 2.22. The van der Waals surface area contributed by atoms with Crippen LogP contribution in [0.2, 0.25) is 0 Å². The first kappa shape index (κ1) is 12.6. The molecular formula is C10H13NO4S. The van der Waals surface area contributed by atoms with Crippen LogP contribution in [0, 0.1) is 10.1 Å². The van der Waals surface area contributed by atoms with Crippen LogP contribution in [-0.2, 0) is 9.53 Å². The summed E-state index contributed by atoms with van der Waals surface area (Å²) >= 11 is 1.46. The lowest BCUT2D eigenvalue weighted by Gasteiger charge is -2.10. The van der Waals surface area contributed by atoms with Crippen LogP contribution in [0.3, 0.4) is 0 Å². The fourth-order valence-corrected chi connectivity index (χ4v) is 2.14. The average molecular weight is 243 g/mol. The van der Waals surface area contributed by atoms with E-state index in [0.717, 1.165) is 5.56 Å². The van der Waals surface area contributed by atoms with Gasteiger partial charge in [-0.3, -0.25) is 14.9 Å². The summed E-state index contributed by atoms with van der Waals surface area (Å²) < 4.78 is 4.79. The van der Waals surface area contributed by atoms with E-state index in [2.05, 4.69) is 0 Å². The van der Waals surface area contributed by atoms with Gasteiger partial charge in [0.2, 0.25) is 6.54 Å². The summed E-state index contributed by atoms with van der Waals surface area (Å²) in [6.45, 7) is 1.77. The average Bonchev–Trinajstić information content (AvgIpc) is 2.68. The van der Waals surface area contributed by atoms with Gasteiger partial charge in [-0.1, -0.05) is 0 Å². The number of carbonyl (C=O) groups is 1. The van der Waals surface area contributed by atoms with Gasteiger partial charge in [-0.05, 0) is 29.3 Å². The Morgan fingerprint density at radius 3 is 2.94 bits per heavy atom. The number of esters is 1. The van der Waals surface area contributed by atoms with Crippen molar-refractivity contribution in [3.05, 3.63) is 32.5 Å². The van der Waals surface area contributed by atoms with Crippen molar-refractivity contribution >= 4 is 17.3 Å². The van der Waals surface area contributed by atoms with Crippen molar-refractivity contribution in [1.82, 2.24) is 0 Å². The monoisotopic (exact) mass is 243 g/mol. The molecule has 0 aliphatic heterocycles. The van der Waals surface area contributed by atoms with Crippen LogP contribution in [0.1, 0.15) is 24.8 Å². The molecule has 0 radical (unpaired) electrons. The highest BCUT2D eigenvalue weighted by atomic mass is 32.1. The van der Waals surface area contributed by atoms with Gasteiger partial charge in [-0.2, -0.15) is 11.3 Å². The van der Waals surface area contributed by atoms with Crippen molar-refractivity contribution in [2.24, 2.45) is 0 Å². The third-order valence-corrected chi connectivity index (χ3v) is 2.80. The van der Waals surface area contributed by atoms with E-state index < -0.39 is 4.92 Å². The fourth-order valence-electron chi connectivity index (χ4n) is 1.40. The molecule has 0 aromatic carbocycles. The van der Waals surface area contributed by atoms with Crippen LogP contribution in [0.15, 0.2) is 16.8 Å². The first-order valence-corrected chi connectivity index (χ1v) is 5.87. The Balaban J connectivity index is 2.65. The Bertz CT molecular complexity index is 350. The highest BCUT2D eigenvalue weighted by Crippen LogP contribution is 2.22. The maximum atomic E-state index is 11.3. The van der Waals surface area contributed by atoms with Gasteiger partial charge in [0.1, 0.15) is 0 Å². The van der Waals surface area contributed by atoms with Gasteiger partial charge in [0.25, 0.3) is 0 Å². The molecule has 1 aromatic heterocycles. The smallest absolute Gasteiger partial charge is 0.306 e. The van der Waals surface area contributed by atoms with E-state index in [1.54, 1.807) is 13.0 Å². The van der Waals surface area contributed by atoms with Crippen LogP contribution in [0.4, 0.5) is 0 Å². The van der Waals surface area contributed by atoms with E-state index in [1.807, 2.05) is 10.8 Å². The van der Waals surface area contributed by atoms with Gasteiger partial charge in [-0.25, -0.2) is 0 Å². The molecule has 0 saturated heterocycles. The second-order valence-electron chi connectivity index (χ2n) is 3.28. The standard InChI is InChI=1S/C10H13NO4S/c1-2-15-10(12)5-9(6-11(13)14)8-3-4-16-7-8/h3-4,7,9H,2,5-6H2,1H3. The molecule has 0 spiro atoms. The molecule has 0 aliphatic rings. The van der Waals surface area contributed by atoms with Gasteiger partial charge in [0.15, 0.2) is 0 Å². The van der Waals surface area contributed by atoms with Gasteiger partial charge >= 0.3 is 5.97 Å². The number of rotatable bonds is 6. The molecule has 88 valence electrons. The van der Waals surface area contributed by atoms with E-state index in [9.17, 15) is 14.9 Å². The van der Waals surface area contributed by atoms with Gasteiger partial charge in [0, 0.05) is 4.92 Å². The molecule has 5 nitrogen and oxygen atoms in total. The van der Waals surface area contributed by atoms with E-state index in [-0.39, 0.29) is 24.9 Å². The summed E-state index contributed by atoms with van der Waals surface area (Å²) in [6.07, 6.45) is 0.0611. The zero-order valence-corrected chi connectivity index (χ0v) is 9.74. The summed E-state index contributed by atoms with van der Waals surface area (Å²) in [5.74, 6) is -0.777. The molecule has 1 rings (SSSR count). The SMILES string of the molecule is CCOC(=O)CC(C[N+](=O)[O-])c1ccsc1. The quantitative estimate of drug-likeness (QED) is 0.435. The lowest BCUT2D eigenvalue weighted by molar-refractivity contribution is -0.483. The Morgan fingerprint density at radius 2 is 2.44 bits per heavy atom. The Hall–Kier alpha value is -1.43. The van der Waals surface area contributed by atoms with Crippen molar-refractivity contribution in [2.75, 3.05) is 13.2 Å². The minimum atomic E-state index is -0.401. The van der Waals surface area contributed by atoms with Gasteiger partial charge in [0.05, 0.1) is 18.9 Å². The molecule has 16 heavy (non-hydrogen) atoms. The normalized spacial score (nSPS) is 12.1. The van der Waals surface area contributed by atoms with E-state index in [1.165, 1.54) is 11.3 Å². The lowest BCUT2D eigenvalue weighted by Crippen LogP contribution is -2.17. The van der Waals surface area contributed by atoms with Crippen LogP contribution in [0.25, 0.3) is 0 Å². The number of thiophene rings is 1. The molecule has 0 N–H and O–H groups in total. The second-order valence-corrected chi connectivity index (χ2v) is 4.06. The lowest BCUT2D eigenvalue weighted by atomic mass is 9.99. The largest absolute Gasteiger partial charge is 0.466 e. The van der Waals surface area contributed by atoms with E-state index in [4.69, 9.17) is 4.74 Å². The fraction of sp³-hybridized carbons (Fsp3) is 0.500. The number of hydrogen-bond acceptors (Lipinski definition) is 5. The van der Waals surface area contributed by atoms with Crippen molar-refractivity contribution in [3.63, 3.8) is 0 Å². The van der Waals surface area contributed by atoms with E-state index in [0.29, 0.717) is 6.61 Å². The van der Waals surface area contributed by atoms with Gasteiger partial charge in [-0.15, -0.1) is 0 Å². The first-order chi connectivity index (χ1) is 7.63. The third kappa shape index (κ3) is 3.98. The predicted octanol–water partition coefficient (Wildman–Crippen LogP) is 2.06. The molecule has 1 unspecified atom stereocenters. The minimum Gasteiger partial charge on any atom is -0.466 e. The summed E-state index contributed by atoms with van der Waals surface area (Å²) in [5, 5.41) is 14.2. The number of hydrogen-bond donors (Lipinski definition) is 0. The van der Waals surface area contributed by atoms with Crippen LogP contribution in [0.5, 0.6) is 0 Å². The van der Waals surface area contributed by atoms with Crippen LogP contribution < -0.4 is 0 Å². The van der Waals surface area contributed by atoms with Crippen molar-refractivity contribution in [2.45, 2.75) is 19.3 Å². The molecular weight excluding hydrogens is 230 g/mol. The molecule has 0 bridgehead atoms. The number of nitro groups is 1. The van der Waals surface area contributed by atoms with Crippen LogP contribution >= 0.6 is 11.3 Å². The van der Waals surface area contributed by atoms with Crippen molar-refractivity contribution < 1.29 is 14.5 Å². The Kier molecular flexibility index (Phi) is 4.91. The molecule has 1 aromatic rings. The first-order valence-electron chi connectivity index (χ1n) is 4.93. The van der Waals surface area contributed by atoms with Crippen LogP contribution in [-0.4, -0.2) is 24.0 Å². The summed E-state index contributed by atoms with van der Waals surface area (Å²) in [7, 11) is 0. The maximum Gasteiger partial charge on any atom is 0.306 e. The third-order valence-electron chi connectivity index (χ3n) is 2.10. The molecule has 1 heterocycles. The van der Waals surface area contributed by atoms with Gasteiger partial charge < -0.3 is 4.74 Å². The van der Waals surface area contributed by atoms with Crippen molar-refractivity contribution in [1.29, 1.82) is 0 Å². The topological polar surface area (TPSA) is 69.4 Å². The summed E-state index contributed by atoms with van der Waals surface area (Å²) in [6, 6.07) is 1.80. The van der Waals surface area contributed by atoms with Crippen molar-refractivity contribution in [3.8, 4) is 0 Å². The summed E-state index contributed by atoms with van der Waals surface area (Å²) in [4.78, 5) is 21.4. The zero-order chi connectivity index (χ0) is 12.0. The molecule has 0 aliphatic carbocycles. The molecule has 0 amide bonds. The second kappa shape index (κ2) is 6.22. The maximum absolute atomic E-state index is 11.3. The van der Waals surface area contributed by atoms with E-state index >= 15 is 0 Å². The molecule has 1 atom stereocenters. The highest BCUT2D eigenvalue weighted by molar-refractivity contribution is 7.07. The zero-order valence-electron chi connectivity index (χ0n) is 8.92.